The molecule has 0 saturated heterocycles. The van der Waals surface area contributed by atoms with E-state index >= 15 is 0 Å². The predicted octanol–water partition coefficient (Wildman–Crippen LogP) is 2.93. The van der Waals surface area contributed by atoms with Crippen LogP contribution in [0.15, 0.2) is 42.6 Å². The highest BCUT2D eigenvalue weighted by Gasteiger charge is 2.23. The van der Waals surface area contributed by atoms with Gasteiger partial charge in [0, 0.05) is 6.20 Å². The van der Waals surface area contributed by atoms with Crippen LogP contribution in [-0.2, 0) is 4.79 Å². The van der Waals surface area contributed by atoms with Gasteiger partial charge in [-0.2, -0.15) is 10.2 Å². The summed E-state index contributed by atoms with van der Waals surface area (Å²) in [5, 5.41) is 12.4. The van der Waals surface area contributed by atoms with Gasteiger partial charge in [-0.25, -0.2) is 4.39 Å². The van der Waals surface area contributed by atoms with Crippen LogP contribution in [0.2, 0.25) is 0 Å². The lowest BCUT2D eigenvalue weighted by molar-refractivity contribution is -0.120. The molecule has 0 fully saturated rings. The zero-order valence-electron chi connectivity index (χ0n) is 13.2. The molecule has 0 bridgehead atoms. The molecule has 0 radical (unpaired) electrons. The fourth-order valence-corrected chi connectivity index (χ4v) is 2.55. The van der Waals surface area contributed by atoms with Crippen molar-refractivity contribution < 1.29 is 13.9 Å². The molecule has 7 heteroatoms. The highest BCUT2D eigenvalue weighted by atomic mass is 19.1. The largest absolute Gasteiger partial charge is 0.424 e. The normalized spacial score (nSPS) is 12.0. The third-order valence-electron chi connectivity index (χ3n) is 3.73. The van der Waals surface area contributed by atoms with E-state index < -0.39 is 0 Å². The van der Waals surface area contributed by atoms with E-state index in [9.17, 15) is 9.18 Å². The van der Waals surface area contributed by atoms with Crippen molar-refractivity contribution in [2.45, 2.75) is 19.9 Å². The zero-order valence-corrected chi connectivity index (χ0v) is 13.2. The molecule has 6 nitrogen and oxygen atoms in total. The van der Waals surface area contributed by atoms with E-state index in [2.05, 4.69) is 15.3 Å². The number of halogens is 1. The van der Waals surface area contributed by atoms with Crippen molar-refractivity contribution >= 4 is 6.47 Å². The Kier molecular flexibility index (Phi) is 4.33. The first-order valence-electron chi connectivity index (χ1n) is 7.34. The summed E-state index contributed by atoms with van der Waals surface area (Å²) in [5.74, 6) is 0.0289. The number of carbonyl (C=O) groups is 1. The number of hydrogen-bond donors (Lipinski definition) is 0. The van der Waals surface area contributed by atoms with Crippen molar-refractivity contribution in [2.24, 2.45) is 0 Å². The van der Waals surface area contributed by atoms with Crippen LogP contribution in [0.5, 0.6) is 5.75 Å². The Morgan fingerprint density at radius 2 is 2.00 bits per heavy atom. The Morgan fingerprint density at radius 3 is 2.62 bits per heavy atom. The van der Waals surface area contributed by atoms with Crippen LogP contribution in [0.1, 0.15) is 24.2 Å². The lowest BCUT2D eigenvalue weighted by atomic mass is 10.1. The second-order valence-corrected chi connectivity index (χ2v) is 5.26. The van der Waals surface area contributed by atoms with E-state index in [1.807, 2.05) is 6.92 Å². The van der Waals surface area contributed by atoms with Crippen molar-refractivity contribution in [1.29, 1.82) is 0 Å². The third-order valence-corrected chi connectivity index (χ3v) is 3.73. The Bertz CT molecular complexity index is 847. The Hall–Kier alpha value is -3.09. The number of rotatable bonds is 5. The first-order chi connectivity index (χ1) is 11.6. The molecule has 0 aliphatic rings. The molecule has 3 aromatic rings. The molecular weight excluding hydrogens is 311 g/mol. The third kappa shape index (κ3) is 2.88. The van der Waals surface area contributed by atoms with E-state index in [0.29, 0.717) is 29.3 Å². The van der Waals surface area contributed by atoms with Crippen molar-refractivity contribution in [1.82, 2.24) is 20.0 Å². The Morgan fingerprint density at radius 1 is 1.25 bits per heavy atom. The van der Waals surface area contributed by atoms with Crippen LogP contribution in [0.25, 0.3) is 11.4 Å². The van der Waals surface area contributed by atoms with Gasteiger partial charge in [0.2, 0.25) is 0 Å². The number of ether oxygens (including phenoxy) is 1. The van der Waals surface area contributed by atoms with Gasteiger partial charge in [0.1, 0.15) is 22.9 Å². The minimum Gasteiger partial charge on any atom is -0.424 e. The number of aryl methyl sites for hydroxylation is 1. The maximum absolute atomic E-state index is 13.2. The minimum absolute atomic E-state index is 0.217. The van der Waals surface area contributed by atoms with Crippen LogP contribution in [0.4, 0.5) is 4.39 Å². The number of carbonyl (C=O) groups excluding carboxylic acids is 1. The summed E-state index contributed by atoms with van der Waals surface area (Å²) in [5.41, 5.74) is 2.49. The Balaban J connectivity index is 2.15. The summed E-state index contributed by atoms with van der Waals surface area (Å²) in [7, 11) is 0. The van der Waals surface area contributed by atoms with Crippen molar-refractivity contribution in [2.75, 3.05) is 0 Å². The first-order valence-corrected chi connectivity index (χ1v) is 7.34. The summed E-state index contributed by atoms with van der Waals surface area (Å²) >= 11 is 0. The topological polar surface area (TPSA) is 69.9 Å². The molecule has 0 aliphatic carbocycles. The standard InChI is InChI=1S/C17H15FN4O2/c1-11-17(24-10-23)16(15-4-3-9-19-20-15)22(21-11)12(2)13-5-7-14(18)8-6-13/h3-10,12H,1-2H3. The van der Waals surface area contributed by atoms with Gasteiger partial charge in [0.15, 0.2) is 5.75 Å². The van der Waals surface area contributed by atoms with Gasteiger partial charge < -0.3 is 4.74 Å². The molecule has 2 heterocycles. The van der Waals surface area contributed by atoms with Crippen LogP contribution in [-0.4, -0.2) is 26.5 Å². The zero-order chi connectivity index (χ0) is 17.1. The van der Waals surface area contributed by atoms with Gasteiger partial charge >= 0.3 is 0 Å². The maximum Gasteiger partial charge on any atom is 0.298 e. The summed E-state index contributed by atoms with van der Waals surface area (Å²) in [6, 6.07) is 9.46. The minimum atomic E-state index is -0.304. The van der Waals surface area contributed by atoms with Gasteiger partial charge in [0.25, 0.3) is 6.47 Å². The van der Waals surface area contributed by atoms with Crippen molar-refractivity contribution in [3.63, 3.8) is 0 Å². The number of hydrogen-bond acceptors (Lipinski definition) is 5. The number of nitrogens with zero attached hydrogens (tertiary/aromatic N) is 4. The molecule has 24 heavy (non-hydrogen) atoms. The van der Waals surface area contributed by atoms with Gasteiger partial charge in [-0.15, -0.1) is 5.10 Å². The number of aromatic nitrogens is 4. The lowest BCUT2D eigenvalue weighted by Gasteiger charge is -2.16. The summed E-state index contributed by atoms with van der Waals surface area (Å²) < 4.78 is 20.0. The first kappa shape index (κ1) is 15.8. The summed E-state index contributed by atoms with van der Waals surface area (Å²) in [6.07, 6.45) is 1.56. The summed E-state index contributed by atoms with van der Waals surface area (Å²) in [6.45, 7) is 4.02. The van der Waals surface area contributed by atoms with E-state index in [0.717, 1.165) is 5.56 Å². The van der Waals surface area contributed by atoms with E-state index in [1.165, 1.54) is 12.1 Å². The Labute approximate surface area is 137 Å². The molecule has 0 N–H and O–H groups in total. The monoisotopic (exact) mass is 326 g/mol. The van der Waals surface area contributed by atoms with E-state index in [1.54, 1.807) is 42.1 Å². The van der Waals surface area contributed by atoms with Crippen molar-refractivity contribution in [3.05, 3.63) is 59.7 Å². The average Bonchev–Trinajstić information content (AvgIpc) is 2.93. The summed E-state index contributed by atoms with van der Waals surface area (Å²) in [4.78, 5) is 10.9. The maximum atomic E-state index is 13.2. The van der Waals surface area contributed by atoms with Crippen LogP contribution >= 0.6 is 0 Å². The molecule has 0 amide bonds. The quantitative estimate of drug-likeness (QED) is 0.674. The highest BCUT2D eigenvalue weighted by molar-refractivity contribution is 5.67. The molecule has 1 atom stereocenters. The van der Waals surface area contributed by atoms with Gasteiger partial charge in [-0.3, -0.25) is 9.48 Å². The van der Waals surface area contributed by atoms with Gasteiger partial charge in [-0.1, -0.05) is 12.1 Å². The second-order valence-electron chi connectivity index (χ2n) is 5.26. The molecule has 0 aliphatic heterocycles. The van der Waals surface area contributed by atoms with Gasteiger partial charge in [0.05, 0.1) is 6.04 Å². The molecule has 3 rings (SSSR count). The molecule has 1 unspecified atom stereocenters. The molecule has 0 saturated carbocycles. The molecule has 0 spiro atoms. The molecule has 1 aromatic carbocycles. The smallest absolute Gasteiger partial charge is 0.298 e. The molecule has 122 valence electrons. The highest BCUT2D eigenvalue weighted by Crippen LogP contribution is 2.35. The fraction of sp³-hybridized carbons (Fsp3) is 0.176. The SMILES string of the molecule is Cc1nn(C(C)c2ccc(F)cc2)c(-c2cccnn2)c1OC=O. The van der Waals surface area contributed by atoms with Gasteiger partial charge in [-0.05, 0) is 43.7 Å². The van der Waals surface area contributed by atoms with E-state index in [-0.39, 0.29) is 11.9 Å². The fourth-order valence-electron chi connectivity index (χ4n) is 2.55. The van der Waals surface area contributed by atoms with Crippen LogP contribution in [0, 0.1) is 12.7 Å². The van der Waals surface area contributed by atoms with Crippen molar-refractivity contribution in [3.8, 4) is 17.1 Å². The lowest BCUT2D eigenvalue weighted by Crippen LogP contribution is -2.11. The van der Waals surface area contributed by atoms with Crippen LogP contribution < -0.4 is 4.74 Å². The molecule has 2 aromatic heterocycles. The van der Waals surface area contributed by atoms with Crippen LogP contribution in [0.3, 0.4) is 0 Å². The molecular formula is C17H15FN4O2. The predicted molar refractivity (Wildman–Crippen MR) is 84.9 cm³/mol. The average molecular weight is 326 g/mol. The second kappa shape index (κ2) is 6.57. The van der Waals surface area contributed by atoms with E-state index in [4.69, 9.17) is 4.74 Å². The number of benzene rings is 1.